The number of ether oxygens (including phenoxy) is 1. The number of hydrogen-bond acceptors (Lipinski definition) is 3. The lowest BCUT2D eigenvalue weighted by atomic mass is 9.84. The Labute approximate surface area is 128 Å². The van der Waals surface area contributed by atoms with Crippen molar-refractivity contribution in [3.8, 4) is 5.75 Å². The second-order valence-electron chi connectivity index (χ2n) is 6.39. The molecule has 3 nitrogen and oxygen atoms in total. The highest BCUT2D eigenvalue weighted by atomic mass is 16.5. The maximum Gasteiger partial charge on any atom is 0.119 e. The highest BCUT2D eigenvalue weighted by Crippen LogP contribution is 2.40. The summed E-state index contributed by atoms with van der Waals surface area (Å²) in [5.41, 5.74) is 7.47. The Morgan fingerprint density at radius 2 is 1.95 bits per heavy atom. The molecule has 2 N–H and O–H groups in total. The molecule has 1 heterocycles. The van der Waals surface area contributed by atoms with Crippen LogP contribution in [0.3, 0.4) is 0 Å². The maximum absolute atomic E-state index is 6.13. The van der Waals surface area contributed by atoms with Gasteiger partial charge >= 0.3 is 0 Å². The van der Waals surface area contributed by atoms with Gasteiger partial charge in [-0.1, -0.05) is 25.0 Å². The third-order valence-corrected chi connectivity index (χ3v) is 5.25. The van der Waals surface area contributed by atoms with Gasteiger partial charge in [-0.05, 0) is 56.3 Å². The smallest absolute Gasteiger partial charge is 0.119 e. The van der Waals surface area contributed by atoms with E-state index in [1.165, 1.54) is 44.2 Å². The van der Waals surface area contributed by atoms with Crippen LogP contribution >= 0.6 is 0 Å². The van der Waals surface area contributed by atoms with E-state index in [-0.39, 0.29) is 0 Å². The Balaban J connectivity index is 1.75. The molecule has 1 saturated heterocycles. The maximum atomic E-state index is 6.13. The molecule has 3 heteroatoms. The van der Waals surface area contributed by atoms with Crippen LogP contribution in [-0.4, -0.2) is 30.6 Å². The van der Waals surface area contributed by atoms with E-state index in [0.29, 0.717) is 12.6 Å². The van der Waals surface area contributed by atoms with Crippen LogP contribution in [0, 0.1) is 5.92 Å². The van der Waals surface area contributed by atoms with E-state index in [0.717, 1.165) is 24.3 Å². The molecule has 3 rings (SSSR count). The highest BCUT2D eigenvalue weighted by molar-refractivity contribution is 5.29. The van der Waals surface area contributed by atoms with Crippen molar-refractivity contribution in [1.82, 2.24) is 4.90 Å². The summed E-state index contributed by atoms with van der Waals surface area (Å²) < 4.78 is 5.54. The molecule has 1 aliphatic heterocycles. The molecule has 21 heavy (non-hydrogen) atoms. The third-order valence-electron chi connectivity index (χ3n) is 5.25. The summed E-state index contributed by atoms with van der Waals surface area (Å²) in [6.07, 6.45) is 6.95. The lowest BCUT2D eigenvalue weighted by Crippen LogP contribution is -2.40. The van der Waals surface area contributed by atoms with Gasteiger partial charge in [0, 0.05) is 18.6 Å². The first-order valence-corrected chi connectivity index (χ1v) is 8.52. The summed E-state index contributed by atoms with van der Waals surface area (Å²) in [6.45, 7) is 4.65. The zero-order chi connectivity index (χ0) is 14.7. The van der Waals surface area contributed by atoms with Gasteiger partial charge in [-0.25, -0.2) is 0 Å². The molecule has 0 aromatic heterocycles. The molecule has 0 radical (unpaired) electrons. The fourth-order valence-electron chi connectivity index (χ4n) is 4.24. The topological polar surface area (TPSA) is 38.5 Å². The summed E-state index contributed by atoms with van der Waals surface area (Å²) in [5, 5.41) is 0. The van der Waals surface area contributed by atoms with Crippen LogP contribution in [-0.2, 0) is 0 Å². The molecule has 1 aromatic carbocycles. The van der Waals surface area contributed by atoms with E-state index in [2.05, 4.69) is 29.2 Å². The van der Waals surface area contributed by atoms with Crippen molar-refractivity contribution in [2.24, 2.45) is 11.7 Å². The normalized spacial score (nSPS) is 27.3. The Hall–Kier alpha value is -1.06. The average Bonchev–Trinajstić information content (AvgIpc) is 2.94. The Kier molecular flexibility index (Phi) is 4.81. The van der Waals surface area contributed by atoms with Gasteiger partial charge in [0.05, 0.1) is 6.61 Å². The van der Waals surface area contributed by atoms with Crippen molar-refractivity contribution in [3.63, 3.8) is 0 Å². The fourth-order valence-corrected chi connectivity index (χ4v) is 4.24. The number of nitrogens with two attached hydrogens (primary N) is 1. The van der Waals surface area contributed by atoms with Gasteiger partial charge in [0.2, 0.25) is 0 Å². The summed E-state index contributed by atoms with van der Waals surface area (Å²) in [6, 6.07) is 9.68. The van der Waals surface area contributed by atoms with Gasteiger partial charge < -0.3 is 10.5 Å². The summed E-state index contributed by atoms with van der Waals surface area (Å²) in [7, 11) is 0. The first-order chi connectivity index (χ1) is 10.3. The molecule has 1 aliphatic carbocycles. The van der Waals surface area contributed by atoms with Gasteiger partial charge in [-0.15, -0.1) is 0 Å². The predicted octanol–water partition coefficient (Wildman–Crippen LogP) is 3.35. The minimum atomic E-state index is 0.369. The number of benzene rings is 1. The largest absolute Gasteiger partial charge is 0.494 e. The van der Waals surface area contributed by atoms with Crippen molar-refractivity contribution in [3.05, 3.63) is 29.8 Å². The standard InChI is InChI=1S/C18H28N2O/c1-2-21-16-9-7-15(8-10-16)18(13-19)20-12-11-14-5-3-4-6-17(14)20/h7-10,14,17-18H,2-6,11-13,19H2,1H3. The third kappa shape index (κ3) is 3.09. The zero-order valence-corrected chi connectivity index (χ0v) is 13.1. The molecule has 0 bridgehead atoms. The molecular weight excluding hydrogens is 260 g/mol. The lowest BCUT2D eigenvalue weighted by molar-refractivity contribution is 0.135. The van der Waals surface area contributed by atoms with E-state index in [1.807, 2.05) is 6.92 Å². The minimum absolute atomic E-state index is 0.369. The van der Waals surface area contributed by atoms with E-state index in [4.69, 9.17) is 10.5 Å². The van der Waals surface area contributed by atoms with Crippen molar-refractivity contribution >= 4 is 0 Å². The van der Waals surface area contributed by atoms with E-state index in [1.54, 1.807) is 0 Å². The molecular formula is C18H28N2O. The van der Waals surface area contributed by atoms with Crippen molar-refractivity contribution in [2.75, 3.05) is 19.7 Å². The van der Waals surface area contributed by atoms with Crippen LogP contribution in [0.15, 0.2) is 24.3 Å². The zero-order valence-electron chi connectivity index (χ0n) is 13.1. The second kappa shape index (κ2) is 6.80. The summed E-state index contributed by atoms with van der Waals surface area (Å²) in [5.74, 6) is 1.87. The van der Waals surface area contributed by atoms with Crippen LogP contribution in [0.25, 0.3) is 0 Å². The van der Waals surface area contributed by atoms with Crippen LogP contribution in [0.2, 0.25) is 0 Å². The molecule has 1 saturated carbocycles. The van der Waals surface area contributed by atoms with Gasteiger partial charge in [0.1, 0.15) is 5.75 Å². The SMILES string of the molecule is CCOc1ccc(C(CN)N2CCC3CCCCC32)cc1. The first kappa shape index (κ1) is 14.9. The van der Waals surface area contributed by atoms with E-state index < -0.39 is 0 Å². The number of likely N-dealkylation sites (tertiary alicyclic amines) is 1. The van der Waals surface area contributed by atoms with Crippen molar-refractivity contribution in [2.45, 2.75) is 51.1 Å². The van der Waals surface area contributed by atoms with Crippen molar-refractivity contribution in [1.29, 1.82) is 0 Å². The number of nitrogens with zero attached hydrogens (tertiary/aromatic N) is 1. The van der Waals surface area contributed by atoms with Gasteiger partial charge in [0.25, 0.3) is 0 Å². The molecule has 1 aromatic rings. The molecule has 0 spiro atoms. The minimum Gasteiger partial charge on any atom is -0.494 e. The molecule has 3 unspecified atom stereocenters. The lowest BCUT2D eigenvalue weighted by Gasteiger charge is -2.37. The van der Waals surface area contributed by atoms with E-state index in [9.17, 15) is 0 Å². The molecule has 2 aliphatic rings. The molecule has 2 fully saturated rings. The highest BCUT2D eigenvalue weighted by Gasteiger charge is 2.38. The van der Waals surface area contributed by atoms with Crippen LogP contribution in [0.4, 0.5) is 0 Å². The predicted molar refractivity (Wildman–Crippen MR) is 86.5 cm³/mol. The Morgan fingerprint density at radius 3 is 2.67 bits per heavy atom. The quantitative estimate of drug-likeness (QED) is 0.903. The van der Waals surface area contributed by atoms with Gasteiger partial charge in [0.15, 0.2) is 0 Å². The summed E-state index contributed by atoms with van der Waals surface area (Å²) in [4.78, 5) is 2.68. The molecule has 0 amide bonds. The van der Waals surface area contributed by atoms with Gasteiger partial charge in [-0.3, -0.25) is 4.90 Å². The fraction of sp³-hybridized carbons (Fsp3) is 0.667. The van der Waals surface area contributed by atoms with Crippen molar-refractivity contribution < 1.29 is 4.74 Å². The first-order valence-electron chi connectivity index (χ1n) is 8.52. The Morgan fingerprint density at radius 1 is 1.19 bits per heavy atom. The van der Waals surface area contributed by atoms with Crippen LogP contribution in [0.5, 0.6) is 5.75 Å². The number of hydrogen-bond donors (Lipinski definition) is 1. The van der Waals surface area contributed by atoms with Crippen LogP contribution in [0.1, 0.15) is 50.6 Å². The Bertz CT molecular complexity index is 445. The van der Waals surface area contributed by atoms with Crippen LogP contribution < -0.4 is 10.5 Å². The molecule has 116 valence electrons. The number of fused-ring (bicyclic) bond motifs is 1. The average molecular weight is 288 g/mol. The summed E-state index contributed by atoms with van der Waals surface area (Å²) >= 11 is 0. The molecule has 3 atom stereocenters. The van der Waals surface area contributed by atoms with E-state index >= 15 is 0 Å². The van der Waals surface area contributed by atoms with Gasteiger partial charge in [-0.2, -0.15) is 0 Å². The second-order valence-corrected chi connectivity index (χ2v) is 6.39. The monoisotopic (exact) mass is 288 g/mol. The number of rotatable bonds is 5.